The number of hydrogen-bond donors (Lipinski definition) is 2. The van der Waals surface area contributed by atoms with Crippen molar-refractivity contribution in [1.82, 2.24) is 15.0 Å². The fraction of sp³-hybridized carbons (Fsp3) is 0.200. The van der Waals surface area contributed by atoms with E-state index >= 15 is 0 Å². The molecule has 3 aromatic rings. The van der Waals surface area contributed by atoms with Gasteiger partial charge in [0, 0.05) is 6.07 Å². The first-order valence-electron chi connectivity index (χ1n) is 6.74. The normalized spacial score (nSPS) is 16.9. The molecule has 0 saturated heterocycles. The largest absolute Gasteiger partial charge is 0.481 e. The number of hydrogen-bond acceptors (Lipinski definition) is 5. The maximum absolute atomic E-state index is 5.99. The van der Waals surface area contributed by atoms with Crippen molar-refractivity contribution >= 4 is 16.9 Å². The molecular weight excluding hydrogens is 268 g/mol. The second-order valence-electron chi connectivity index (χ2n) is 4.83. The highest BCUT2D eigenvalue weighted by molar-refractivity contribution is 5.71. The average Bonchev–Trinajstić information content (AvgIpc) is 2.97. The van der Waals surface area contributed by atoms with Gasteiger partial charge in [-0.1, -0.05) is 12.1 Å². The molecule has 1 aromatic carbocycles. The number of fused-ring (bicyclic) bond motifs is 2. The van der Waals surface area contributed by atoms with Crippen LogP contribution >= 0.6 is 0 Å². The van der Waals surface area contributed by atoms with E-state index in [0.29, 0.717) is 18.1 Å². The summed E-state index contributed by atoms with van der Waals surface area (Å²) in [4.78, 5) is 12.1. The fourth-order valence-electron chi connectivity index (χ4n) is 2.43. The third kappa shape index (κ3) is 2.05. The minimum absolute atomic E-state index is 0.167. The molecular formula is C15H14N4O2. The standard InChI is InChI=1S/C15H14N4O2/c1-20-13-7-6-10-14(18-13)19-15(17-10)12-8-16-9-4-2-3-5-11(9)21-12/h2-7,12,16H,8H2,1H3,(H,17,18,19). The monoisotopic (exact) mass is 282 g/mol. The van der Waals surface area contributed by atoms with Gasteiger partial charge in [0.15, 0.2) is 17.6 Å². The first kappa shape index (κ1) is 12.0. The van der Waals surface area contributed by atoms with Gasteiger partial charge in [0.2, 0.25) is 5.88 Å². The number of benzene rings is 1. The number of rotatable bonds is 2. The van der Waals surface area contributed by atoms with E-state index < -0.39 is 0 Å². The van der Waals surface area contributed by atoms with Crippen LogP contribution in [0.25, 0.3) is 11.2 Å². The Kier molecular flexibility index (Phi) is 2.67. The van der Waals surface area contributed by atoms with Crippen molar-refractivity contribution in [3.05, 3.63) is 42.2 Å². The third-order valence-electron chi connectivity index (χ3n) is 3.49. The molecule has 2 aromatic heterocycles. The van der Waals surface area contributed by atoms with Gasteiger partial charge in [0.25, 0.3) is 0 Å². The Morgan fingerprint density at radius 1 is 1.19 bits per heavy atom. The first-order valence-corrected chi connectivity index (χ1v) is 6.74. The lowest BCUT2D eigenvalue weighted by molar-refractivity contribution is 0.202. The maximum Gasteiger partial charge on any atom is 0.215 e. The van der Waals surface area contributed by atoms with E-state index in [0.717, 1.165) is 22.8 Å². The molecule has 1 atom stereocenters. The molecule has 6 heteroatoms. The molecule has 4 rings (SSSR count). The van der Waals surface area contributed by atoms with E-state index in [1.807, 2.05) is 30.3 Å². The number of methoxy groups -OCH3 is 1. The number of nitrogens with zero attached hydrogens (tertiary/aromatic N) is 2. The number of H-pyrrole nitrogens is 1. The van der Waals surface area contributed by atoms with Gasteiger partial charge in [-0.15, -0.1) is 0 Å². The average molecular weight is 282 g/mol. The molecule has 0 saturated carbocycles. The lowest BCUT2D eigenvalue weighted by Gasteiger charge is -2.25. The maximum atomic E-state index is 5.99. The highest BCUT2D eigenvalue weighted by Crippen LogP contribution is 2.33. The van der Waals surface area contributed by atoms with Gasteiger partial charge in [-0.05, 0) is 18.2 Å². The summed E-state index contributed by atoms with van der Waals surface area (Å²) in [6, 6.07) is 11.6. The van der Waals surface area contributed by atoms with Gasteiger partial charge < -0.3 is 19.8 Å². The molecule has 0 radical (unpaired) electrons. The number of anilines is 1. The molecule has 1 unspecified atom stereocenters. The van der Waals surface area contributed by atoms with Crippen molar-refractivity contribution < 1.29 is 9.47 Å². The number of pyridine rings is 1. The van der Waals surface area contributed by atoms with E-state index in [-0.39, 0.29) is 6.10 Å². The minimum Gasteiger partial charge on any atom is -0.481 e. The van der Waals surface area contributed by atoms with E-state index in [1.54, 1.807) is 13.2 Å². The van der Waals surface area contributed by atoms with Crippen LogP contribution in [-0.4, -0.2) is 28.6 Å². The quantitative estimate of drug-likeness (QED) is 0.755. The van der Waals surface area contributed by atoms with Crippen LogP contribution in [0.1, 0.15) is 11.9 Å². The minimum atomic E-state index is -0.167. The van der Waals surface area contributed by atoms with Gasteiger partial charge in [-0.2, -0.15) is 4.98 Å². The summed E-state index contributed by atoms with van der Waals surface area (Å²) in [5.41, 5.74) is 2.50. The molecule has 0 aliphatic carbocycles. The zero-order valence-corrected chi connectivity index (χ0v) is 11.5. The Morgan fingerprint density at radius 3 is 3.00 bits per heavy atom. The number of aromatic nitrogens is 3. The predicted octanol–water partition coefficient (Wildman–Crippen LogP) is 2.51. The fourth-order valence-corrected chi connectivity index (χ4v) is 2.43. The van der Waals surface area contributed by atoms with Crippen LogP contribution in [0, 0.1) is 0 Å². The molecule has 6 nitrogen and oxygen atoms in total. The zero-order valence-electron chi connectivity index (χ0n) is 11.5. The lowest BCUT2D eigenvalue weighted by atomic mass is 10.2. The zero-order chi connectivity index (χ0) is 14.2. The molecule has 21 heavy (non-hydrogen) atoms. The van der Waals surface area contributed by atoms with Gasteiger partial charge in [0.05, 0.1) is 24.9 Å². The molecule has 0 spiro atoms. The smallest absolute Gasteiger partial charge is 0.215 e. The number of imidazole rings is 1. The SMILES string of the molecule is COc1ccc2[nH]c(C3CNc4ccccc4O3)nc2n1. The number of ether oxygens (including phenoxy) is 2. The van der Waals surface area contributed by atoms with Gasteiger partial charge >= 0.3 is 0 Å². The topological polar surface area (TPSA) is 72.1 Å². The van der Waals surface area contributed by atoms with E-state index in [4.69, 9.17) is 9.47 Å². The molecule has 106 valence electrons. The molecule has 0 fully saturated rings. The van der Waals surface area contributed by atoms with Crippen LogP contribution < -0.4 is 14.8 Å². The van der Waals surface area contributed by atoms with Crippen LogP contribution in [0.3, 0.4) is 0 Å². The van der Waals surface area contributed by atoms with Crippen molar-refractivity contribution in [3.8, 4) is 11.6 Å². The first-order chi connectivity index (χ1) is 10.3. The number of para-hydroxylation sites is 2. The number of aromatic amines is 1. The highest BCUT2D eigenvalue weighted by atomic mass is 16.5. The van der Waals surface area contributed by atoms with E-state index in [2.05, 4.69) is 20.3 Å². The van der Waals surface area contributed by atoms with Crippen LogP contribution in [0.2, 0.25) is 0 Å². The Hall–Kier alpha value is -2.76. The van der Waals surface area contributed by atoms with Crippen LogP contribution in [0.4, 0.5) is 5.69 Å². The van der Waals surface area contributed by atoms with Crippen molar-refractivity contribution in [2.75, 3.05) is 19.0 Å². The third-order valence-corrected chi connectivity index (χ3v) is 3.49. The Balaban J connectivity index is 1.68. The molecule has 0 amide bonds. The molecule has 1 aliphatic heterocycles. The van der Waals surface area contributed by atoms with Crippen LogP contribution in [0.5, 0.6) is 11.6 Å². The summed E-state index contributed by atoms with van der Waals surface area (Å²) in [6.07, 6.45) is -0.167. The summed E-state index contributed by atoms with van der Waals surface area (Å²) >= 11 is 0. The van der Waals surface area contributed by atoms with Gasteiger partial charge in [-0.25, -0.2) is 4.98 Å². The summed E-state index contributed by atoms with van der Waals surface area (Å²) in [5, 5.41) is 3.35. The van der Waals surface area contributed by atoms with E-state index in [1.165, 1.54) is 0 Å². The predicted molar refractivity (Wildman–Crippen MR) is 78.7 cm³/mol. The Bertz CT molecular complexity index is 799. The summed E-state index contributed by atoms with van der Waals surface area (Å²) in [7, 11) is 1.59. The molecule has 3 heterocycles. The summed E-state index contributed by atoms with van der Waals surface area (Å²) < 4.78 is 11.1. The Morgan fingerprint density at radius 2 is 2.10 bits per heavy atom. The lowest BCUT2D eigenvalue weighted by Crippen LogP contribution is -2.24. The van der Waals surface area contributed by atoms with E-state index in [9.17, 15) is 0 Å². The van der Waals surface area contributed by atoms with Crippen LogP contribution in [0.15, 0.2) is 36.4 Å². The second-order valence-corrected chi connectivity index (χ2v) is 4.83. The van der Waals surface area contributed by atoms with Crippen molar-refractivity contribution in [3.63, 3.8) is 0 Å². The molecule has 1 aliphatic rings. The molecule has 2 N–H and O–H groups in total. The van der Waals surface area contributed by atoms with Crippen molar-refractivity contribution in [2.45, 2.75) is 6.10 Å². The Labute approximate surface area is 121 Å². The number of nitrogens with one attached hydrogen (secondary N) is 2. The summed E-state index contributed by atoms with van der Waals surface area (Å²) in [6.45, 7) is 0.661. The van der Waals surface area contributed by atoms with Gasteiger partial charge in [-0.3, -0.25) is 0 Å². The summed E-state index contributed by atoms with van der Waals surface area (Å²) in [5.74, 6) is 2.14. The molecule has 0 bridgehead atoms. The highest BCUT2D eigenvalue weighted by Gasteiger charge is 2.23. The van der Waals surface area contributed by atoms with Gasteiger partial charge in [0.1, 0.15) is 5.75 Å². The second kappa shape index (κ2) is 4.66. The van der Waals surface area contributed by atoms with Crippen molar-refractivity contribution in [2.24, 2.45) is 0 Å². The van der Waals surface area contributed by atoms with Crippen LogP contribution in [-0.2, 0) is 0 Å². The van der Waals surface area contributed by atoms with Crippen molar-refractivity contribution in [1.29, 1.82) is 0 Å².